The molecule has 2 heterocycles. The van der Waals surface area contributed by atoms with Gasteiger partial charge in [-0.2, -0.15) is 11.8 Å². The number of thioether (sulfide) groups is 1. The zero-order chi connectivity index (χ0) is 12.6. The Morgan fingerprint density at radius 2 is 2.24 bits per heavy atom. The molecule has 4 heteroatoms. The van der Waals surface area contributed by atoms with Crippen molar-refractivity contribution in [3.63, 3.8) is 0 Å². The predicted octanol–water partition coefficient (Wildman–Crippen LogP) is 2.31. The maximum absolute atomic E-state index is 11.6. The molecule has 2 rings (SSSR count). The molecule has 0 spiro atoms. The van der Waals surface area contributed by atoms with Crippen LogP contribution in [0.2, 0.25) is 0 Å². The van der Waals surface area contributed by atoms with Gasteiger partial charge in [0.1, 0.15) is 0 Å². The standard InChI is InChI=1S/C13H23NO2S/c1-9(2)13(12(15)16)4-5-14(8-13)11-6-10(3)17-7-11/h9-11H,4-8H2,1-3H3,(H,15,16). The molecule has 3 atom stereocenters. The van der Waals surface area contributed by atoms with E-state index in [2.05, 4.69) is 11.8 Å². The second-order valence-corrected chi connectivity index (χ2v) is 7.34. The van der Waals surface area contributed by atoms with E-state index in [4.69, 9.17) is 0 Å². The fourth-order valence-electron chi connectivity index (χ4n) is 3.12. The molecular weight excluding hydrogens is 234 g/mol. The maximum atomic E-state index is 11.6. The molecular formula is C13H23NO2S. The summed E-state index contributed by atoms with van der Waals surface area (Å²) in [6, 6.07) is 0.606. The van der Waals surface area contributed by atoms with Crippen LogP contribution in [-0.4, -0.2) is 46.1 Å². The summed E-state index contributed by atoms with van der Waals surface area (Å²) in [6.07, 6.45) is 2.04. The van der Waals surface area contributed by atoms with Crippen LogP contribution >= 0.6 is 11.8 Å². The normalized spacial score (nSPS) is 39.1. The first-order chi connectivity index (χ1) is 7.95. The molecule has 3 nitrogen and oxygen atoms in total. The van der Waals surface area contributed by atoms with Crippen LogP contribution in [0.3, 0.4) is 0 Å². The molecule has 0 bridgehead atoms. The Balaban J connectivity index is 2.05. The summed E-state index contributed by atoms with van der Waals surface area (Å²) in [5.74, 6) is 0.791. The summed E-state index contributed by atoms with van der Waals surface area (Å²) in [5, 5.41) is 10.2. The van der Waals surface area contributed by atoms with Crippen LogP contribution in [0.5, 0.6) is 0 Å². The molecule has 1 N–H and O–H groups in total. The highest BCUT2D eigenvalue weighted by atomic mass is 32.2. The summed E-state index contributed by atoms with van der Waals surface area (Å²) in [6.45, 7) is 8.07. The van der Waals surface area contributed by atoms with Gasteiger partial charge in [0.25, 0.3) is 0 Å². The minimum Gasteiger partial charge on any atom is -0.481 e. The molecule has 3 unspecified atom stereocenters. The van der Waals surface area contributed by atoms with Crippen LogP contribution in [-0.2, 0) is 4.79 Å². The Morgan fingerprint density at radius 3 is 2.65 bits per heavy atom. The highest BCUT2D eigenvalue weighted by Gasteiger charge is 2.49. The third-order valence-corrected chi connectivity index (χ3v) is 5.89. The zero-order valence-electron chi connectivity index (χ0n) is 11.0. The van der Waals surface area contributed by atoms with E-state index in [9.17, 15) is 9.90 Å². The molecule has 17 heavy (non-hydrogen) atoms. The Kier molecular flexibility index (Phi) is 3.74. The highest BCUT2D eigenvalue weighted by molar-refractivity contribution is 8.00. The Morgan fingerprint density at radius 1 is 1.53 bits per heavy atom. The summed E-state index contributed by atoms with van der Waals surface area (Å²) < 4.78 is 0. The monoisotopic (exact) mass is 257 g/mol. The molecule has 2 fully saturated rings. The topological polar surface area (TPSA) is 40.5 Å². The average Bonchev–Trinajstić information content (AvgIpc) is 2.83. The van der Waals surface area contributed by atoms with E-state index < -0.39 is 11.4 Å². The Labute approximate surface area is 108 Å². The number of hydrogen-bond donors (Lipinski definition) is 1. The summed E-state index contributed by atoms with van der Waals surface area (Å²) >= 11 is 2.02. The van der Waals surface area contributed by atoms with E-state index in [-0.39, 0.29) is 5.92 Å². The fourth-order valence-corrected chi connectivity index (χ4v) is 4.37. The number of nitrogens with zero attached hydrogens (tertiary/aromatic N) is 1. The van der Waals surface area contributed by atoms with Crippen molar-refractivity contribution >= 4 is 17.7 Å². The van der Waals surface area contributed by atoms with Crippen molar-refractivity contribution in [1.82, 2.24) is 4.90 Å². The Bertz CT molecular complexity index is 308. The Hall–Kier alpha value is -0.220. The number of hydrogen-bond acceptors (Lipinski definition) is 3. The van der Waals surface area contributed by atoms with Crippen molar-refractivity contribution < 1.29 is 9.90 Å². The lowest BCUT2D eigenvalue weighted by Crippen LogP contribution is -2.42. The third-order valence-electron chi connectivity index (χ3n) is 4.55. The van der Waals surface area contributed by atoms with Crippen molar-refractivity contribution in [2.75, 3.05) is 18.8 Å². The van der Waals surface area contributed by atoms with E-state index in [0.29, 0.717) is 6.04 Å². The summed E-state index contributed by atoms with van der Waals surface area (Å²) in [4.78, 5) is 14.0. The number of carbonyl (C=O) groups is 1. The van der Waals surface area contributed by atoms with Crippen LogP contribution in [0.1, 0.15) is 33.6 Å². The third kappa shape index (κ3) is 2.34. The molecule has 2 aliphatic heterocycles. The molecule has 2 aliphatic rings. The SMILES string of the molecule is CC1CC(N2CCC(C(=O)O)(C(C)C)C2)CS1. The van der Waals surface area contributed by atoms with Gasteiger partial charge in [-0.15, -0.1) is 0 Å². The molecule has 2 saturated heterocycles. The van der Waals surface area contributed by atoms with Gasteiger partial charge in [0.05, 0.1) is 5.41 Å². The van der Waals surface area contributed by atoms with Gasteiger partial charge >= 0.3 is 5.97 Å². The van der Waals surface area contributed by atoms with Crippen LogP contribution in [0.15, 0.2) is 0 Å². The molecule has 0 amide bonds. The van der Waals surface area contributed by atoms with Gasteiger partial charge in [-0.25, -0.2) is 0 Å². The van der Waals surface area contributed by atoms with Gasteiger partial charge in [0.2, 0.25) is 0 Å². The van der Waals surface area contributed by atoms with E-state index in [1.807, 2.05) is 25.6 Å². The largest absolute Gasteiger partial charge is 0.481 e. The van der Waals surface area contributed by atoms with Crippen molar-refractivity contribution in [3.05, 3.63) is 0 Å². The predicted molar refractivity (Wildman–Crippen MR) is 71.4 cm³/mol. The van der Waals surface area contributed by atoms with E-state index in [0.717, 1.165) is 24.8 Å². The first kappa shape index (κ1) is 13.2. The van der Waals surface area contributed by atoms with Crippen LogP contribution in [0, 0.1) is 11.3 Å². The number of aliphatic carboxylic acids is 1. The molecule has 0 radical (unpaired) electrons. The molecule has 0 aromatic rings. The molecule has 98 valence electrons. The van der Waals surface area contributed by atoms with Gasteiger partial charge in [-0.1, -0.05) is 20.8 Å². The number of likely N-dealkylation sites (tertiary alicyclic amines) is 1. The van der Waals surface area contributed by atoms with Gasteiger partial charge in [-0.3, -0.25) is 9.69 Å². The van der Waals surface area contributed by atoms with Gasteiger partial charge in [0, 0.05) is 23.6 Å². The van der Waals surface area contributed by atoms with Gasteiger partial charge in [0.15, 0.2) is 0 Å². The molecule has 0 saturated carbocycles. The average molecular weight is 257 g/mol. The van der Waals surface area contributed by atoms with E-state index >= 15 is 0 Å². The lowest BCUT2D eigenvalue weighted by atomic mass is 9.76. The zero-order valence-corrected chi connectivity index (χ0v) is 11.8. The second kappa shape index (κ2) is 4.81. The molecule has 0 aromatic heterocycles. The molecule has 0 aromatic carbocycles. The van der Waals surface area contributed by atoms with Crippen LogP contribution in [0.25, 0.3) is 0 Å². The minimum absolute atomic E-state index is 0.219. The first-order valence-corrected chi connectivity index (χ1v) is 7.59. The van der Waals surface area contributed by atoms with Gasteiger partial charge in [-0.05, 0) is 25.3 Å². The maximum Gasteiger partial charge on any atom is 0.311 e. The van der Waals surface area contributed by atoms with Gasteiger partial charge < -0.3 is 5.11 Å². The van der Waals surface area contributed by atoms with Crippen molar-refractivity contribution in [3.8, 4) is 0 Å². The first-order valence-electron chi connectivity index (χ1n) is 6.55. The molecule has 0 aliphatic carbocycles. The number of carboxylic acid groups (broad SMARTS) is 1. The van der Waals surface area contributed by atoms with E-state index in [1.54, 1.807) is 0 Å². The van der Waals surface area contributed by atoms with Crippen LogP contribution in [0.4, 0.5) is 0 Å². The summed E-state index contributed by atoms with van der Waals surface area (Å²) in [5.41, 5.74) is -0.503. The minimum atomic E-state index is -0.603. The van der Waals surface area contributed by atoms with Crippen molar-refractivity contribution in [2.24, 2.45) is 11.3 Å². The lowest BCUT2D eigenvalue weighted by molar-refractivity contribution is -0.151. The highest BCUT2D eigenvalue weighted by Crippen LogP contribution is 2.41. The fraction of sp³-hybridized carbons (Fsp3) is 0.923. The smallest absolute Gasteiger partial charge is 0.311 e. The van der Waals surface area contributed by atoms with Crippen molar-refractivity contribution in [2.45, 2.75) is 44.9 Å². The quantitative estimate of drug-likeness (QED) is 0.842. The lowest BCUT2D eigenvalue weighted by Gasteiger charge is -2.30. The van der Waals surface area contributed by atoms with Crippen molar-refractivity contribution in [1.29, 1.82) is 0 Å². The number of rotatable bonds is 3. The number of carboxylic acids is 1. The second-order valence-electron chi connectivity index (χ2n) is 5.87. The summed E-state index contributed by atoms with van der Waals surface area (Å²) in [7, 11) is 0. The van der Waals surface area contributed by atoms with E-state index in [1.165, 1.54) is 12.2 Å². The van der Waals surface area contributed by atoms with Crippen LogP contribution < -0.4 is 0 Å².